The van der Waals surface area contributed by atoms with E-state index < -0.39 is 0 Å². The molecule has 0 spiro atoms. The molecule has 0 heterocycles. The van der Waals surface area contributed by atoms with Gasteiger partial charge in [0.2, 0.25) is 0 Å². The Kier molecular flexibility index (Phi) is 3.95. The van der Waals surface area contributed by atoms with E-state index in [0.717, 1.165) is 44.3 Å². The number of benzene rings is 1. The van der Waals surface area contributed by atoms with Crippen LogP contribution in [0.25, 0.3) is 0 Å². The average molecular weight is 328 g/mol. The third kappa shape index (κ3) is 2.67. The number of hydrogen-bond donors (Lipinski definition) is 1. The number of aryl methyl sites for hydroxylation is 2. The summed E-state index contributed by atoms with van der Waals surface area (Å²) in [6, 6.07) is 6.22. The van der Waals surface area contributed by atoms with E-state index in [-0.39, 0.29) is 11.5 Å². The summed E-state index contributed by atoms with van der Waals surface area (Å²) in [5.74, 6) is 2.73. The Hall–Kier alpha value is -1.35. The van der Waals surface area contributed by atoms with Crippen molar-refractivity contribution in [2.75, 3.05) is 7.11 Å². The summed E-state index contributed by atoms with van der Waals surface area (Å²) in [5.41, 5.74) is 2.24. The van der Waals surface area contributed by atoms with Crippen LogP contribution in [0.2, 0.25) is 0 Å². The first kappa shape index (κ1) is 16.1. The Morgan fingerprint density at radius 1 is 1.21 bits per heavy atom. The van der Waals surface area contributed by atoms with Gasteiger partial charge in [-0.25, -0.2) is 0 Å². The highest BCUT2D eigenvalue weighted by Gasteiger charge is 2.57. The van der Waals surface area contributed by atoms with E-state index in [0.29, 0.717) is 30.0 Å². The molecule has 4 aliphatic rings. The van der Waals surface area contributed by atoms with Gasteiger partial charge in [-0.05, 0) is 86.5 Å². The normalized spacial score (nSPS) is 36.8. The van der Waals surface area contributed by atoms with Crippen LogP contribution in [0.5, 0.6) is 5.75 Å². The van der Waals surface area contributed by atoms with Crippen LogP contribution in [0, 0.1) is 30.1 Å². The minimum Gasteiger partial charge on any atom is -0.497 e. The molecule has 4 saturated carbocycles. The minimum absolute atomic E-state index is 0.121. The molecule has 3 nitrogen and oxygen atoms in total. The van der Waals surface area contributed by atoms with Crippen molar-refractivity contribution in [2.45, 2.75) is 58.0 Å². The molecule has 4 bridgehead atoms. The monoisotopic (exact) mass is 328 g/mol. The van der Waals surface area contributed by atoms with Crippen LogP contribution in [0.3, 0.4) is 0 Å². The molecule has 1 aromatic rings. The van der Waals surface area contributed by atoms with Crippen molar-refractivity contribution in [3.05, 3.63) is 29.3 Å². The summed E-state index contributed by atoms with van der Waals surface area (Å²) in [7, 11) is 1.68. The molecule has 4 fully saturated rings. The maximum Gasteiger partial charge on any atom is 0.139 e. The standard InChI is InChI=1S/C21H28O3/c1-13-5-14(9-18(6-13)24-2)3-4-19(22)21-10-15-7-16(11-21)20(23)17(8-15)12-21/h5-6,9,15-17,20,23H,3-4,7-8,10-12H2,1-2H3. The number of ether oxygens (including phenoxy) is 1. The molecule has 24 heavy (non-hydrogen) atoms. The Labute approximate surface area is 144 Å². The first-order valence-electron chi connectivity index (χ1n) is 9.35. The highest BCUT2D eigenvalue weighted by atomic mass is 16.5. The number of aliphatic hydroxyl groups excluding tert-OH is 1. The lowest BCUT2D eigenvalue weighted by atomic mass is 9.47. The molecule has 0 aliphatic heterocycles. The van der Waals surface area contributed by atoms with Crippen molar-refractivity contribution in [1.29, 1.82) is 0 Å². The van der Waals surface area contributed by atoms with Crippen LogP contribution in [0.15, 0.2) is 18.2 Å². The quantitative estimate of drug-likeness (QED) is 0.896. The van der Waals surface area contributed by atoms with E-state index in [1.807, 2.05) is 12.1 Å². The second-order valence-electron chi connectivity index (χ2n) is 8.52. The maximum atomic E-state index is 13.1. The fourth-order valence-electron chi connectivity index (χ4n) is 5.95. The van der Waals surface area contributed by atoms with Crippen molar-refractivity contribution in [3.63, 3.8) is 0 Å². The SMILES string of the molecule is COc1cc(C)cc(CCC(=O)C23CC4CC(C2)C(O)C(C4)C3)c1. The molecular weight excluding hydrogens is 300 g/mol. The van der Waals surface area contributed by atoms with Crippen molar-refractivity contribution < 1.29 is 14.6 Å². The molecule has 2 unspecified atom stereocenters. The molecule has 0 radical (unpaired) electrons. The second kappa shape index (κ2) is 5.87. The van der Waals surface area contributed by atoms with E-state index in [4.69, 9.17) is 4.74 Å². The molecule has 0 aromatic heterocycles. The zero-order valence-electron chi connectivity index (χ0n) is 14.8. The van der Waals surface area contributed by atoms with E-state index in [2.05, 4.69) is 13.0 Å². The van der Waals surface area contributed by atoms with Gasteiger partial charge < -0.3 is 9.84 Å². The Morgan fingerprint density at radius 2 is 1.92 bits per heavy atom. The highest BCUT2D eigenvalue weighted by molar-refractivity contribution is 5.85. The Balaban J connectivity index is 1.46. The van der Waals surface area contributed by atoms with Crippen LogP contribution in [-0.4, -0.2) is 24.1 Å². The first-order valence-corrected chi connectivity index (χ1v) is 9.35. The van der Waals surface area contributed by atoms with Crippen molar-refractivity contribution in [3.8, 4) is 5.75 Å². The van der Waals surface area contributed by atoms with Gasteiger partial charge in [0, 0.05) is 11.8 Å². The van der Waals surface area contributed by atoms with E-state index in [1.54, 1.807) is 7.11 Å². The largest absolute Gasteiger partial charge is 0.497 e. The summed E-state index contributed by atoms with van der Waals surface area (Å²) in [6.07, 6.45) is 6.47. The molecule has 4 aliphatic carbocycles. The molecule has 1 N–H and O–H groups in total. The van der Waals surface area contributed by atoms with Crippen molar-refractivity contribution in [1.82, 2.24) is 0 Å². The summed E-state index contributed by atoms with van der Waals surface area (Å²) in [5, 5.41) is 10.4. The highest BCUT2D eigenvalue weighted by Crippen LogP contribution is 2.60. The van der Waals surface area contributed by atoms with Crippen LogP contribution >= 0.6 is 0 Å². The predicted octanol–water partition coefficient (Wildman–Crippen LogP) is 3.69. The van der Waals surface area contributed by atoms with E-state index in [1.165, 1.54) is 11.1 Å². The van der Waals surface area contributed by atoms with Crippen molar-refractivity contribution in [2.24, 2.45) is 23.2 Å². The average Bonchev–Trinajstić information content (AvgIpc) is 2.56. The van der Waals surface area contributed by atoms with Gasteiger partial charge in [-0.3, -0.25) is 4.79 Å². The molecule has 5 rings (SSSR count). The lowest BCUT2D eigenvalue weighted by Crippen LogP contribution is -2.56. The number of hydrogen-bond acceptors (Lipinski definition) is 3. The Morgan fingerprint density at radius 3 is 2.58 bits per heavy atom. The predicted molar refractivity (Wildman–Crippen MR) is 93.1 cm³/mol. The fourth-order valence-corrected chi connectivity index (χ4v) is 5.95. The van der Waals surface area contributed by atoms with Crippen LogP contribution in [0.1, 0.15) is 49.7 Å². The number of ketones is 1. The van der Waals surface area contributed by atoms with Gasteiger partial charge in [0.05, 0.1) is 13.2 Å². The molecule has 0 amide bonds. The summed E-state index contributed by atoms with van der Waals surface area (Å²) in [6.45, 7) is 2.06. The summed E-state index contributed by atoms with van der Waals surface area (Å²) < 4.78 is 5.34. The number of Topliss-reactive ketones (excluding diaryl/α,β-unsaturated/α-hetero) is 1. The van der Waals surface area contributed by atoms with Gasteiger partial charge in [-0.2, -0.15) is 0 Å². The molecule has 1 aromatic carbocycles. The molecule has 3 heteroatoms. The van der Waals surface area contributed by atoms with E-state index >= 15 is 0 Å². The molecule has 2 atom stereocenters. The van der Waals surface area contributed by atoms with E-state index in [9.17, 15) is 9.90 Å². The molecular formula is C21H28O3. The second-order valence-corrected chi connectivity index (χ2v) is 8.52. The Bertz CT molecular complexity index is 634. The summed E-state index contributed by atoms with van der Waals surface area (Å²) >= 11 is 0. The lowest BCUT2D eigenvalue weighted by molar-refractivity contribution is -0.161. The van der Waals surface area contributed by atoms with Crippen LogP contribution < -0.4 is 4.74 Å². The fraction of sp³-hybridized carbons (Fsp3) is 0.667. The third-order valence-corrected chi connectivity index (χ3v) is 6.80. The van der Waals surface area contributed by atoms with Gasteiger partial charge in [-0.15, -0.1) is 0 Å². The van der Waals surface area contributed by atoms with Gasteiger partial charge in [-0.1, -0.05) is 6.07 Å². The minimum atomic E-state index is -0.150. The van der Waals surface area contributed by atoms with Crippen LogP contribution in [0.4, 0.5) is 0 Å². The zero-order chi connectivity index (χ0) is 16.9. The summed E-state index contributed by atoms with van der Waals surface area (Å²) in [4.78, 5) is 13.1. The number of aliphatic hydroxyl groups is 1. The topological polar surface area (TPSA) is 46.5 Å². The third-order valence-electron chi connectivity index (χ3n) is 6.80. The first-order chi connectivity index (χ1) is 11.5. The lowest BCUT2D eigenvalue weighted by Gasteiger charge is -2.58. The molecule has 130 valence electrons. The zero-order valence-corrected chi connectivity index (χ0v) is 14.8. The smallest absolute Gasteiger partial charge is 0.139 e. The van der Waals surface area contributed by atoms with Gasteiger partial charge in [0.15, 0.2) is 0 Å². The van der Waals surface area contributed by atoms with Gasteiger partial charge in [0.1, 0.15) is 11.5 Å². The van der Waals surface area contributed by atoms with Crippen LogP contribution in [-0.2, 0) is 11.2 Å². The number of carbonyl (C=O) groups excluding carboxylic acids is 1. The van der Waals surface area contributed by atoms with Crippen molar-refractivity contribution >= 4 is 5.78 Å². The number of rotatable bonds is 5. The van der Waals surface area contributed by atoms with Gasteiger partial charge in [0.25, 0.3) is 0 Å². The molecule has 0 saturated heterocycles. The maximum absolute atomic E-state index is 13.1. The number of carbonyl (C=O) groups is 1. The van der Waals surface area contributed by atoms with Gasteiger partial charge >= 0.3 is 0 Å². The number of methoxy groups -OCH3 is 1.